The van der Waals surface area contributed by atoms with Gasteiger partial charge in [0.25, 0.3) is 5.91 Å². The van der Waals surface area contributed by atoms with Gasteiger partial charge in [-0.3, -0.25) is 4.79 Å². The van der Waals surface area contributed by atoms with E-state index < -0.39 is 0 Å². The number of amides is 1. The summed E-state index contributed by atoms with van der Waals surface area (Å²) in [5.74, 6) is 4.88. The molecule has 0 aliphatic heterocycles. The Labute approximate surface area is 127 Å². The Kier molecular flexibility index (Phi) is 3.88. The lowest BCUT2D eigenvalue weighted by Gasteiger charge is -2.01. The molecule has 3 rings (SSSR count). The van der Waals surface area contributed by atoms with Crippen LogP contribution in [0.5, 0.6) is 0 Å². The quantitative estimate of drug-likeness (QED) is 0.700. The summed E-state index contributed by atoms with van der Waals surface area (Å²) in [6.45, 7) is 0.165. The minimum atomic E-state index is -0.362. The summed E-state index contributed by atoms with van der Waals surface area (Å²) >= 11 is 0. The molecule has 0 aliphatic rings. The van der Waals surface area contributed by atoms with Crippen LogP contribution < -0.4 is 5.32 Å². The van der Waals surface area contributed by atoms with Gasteiger partial charge in [-0.05, 0) is 36.4 Å². The van der Waals surface area contributed by atoms with Crippen LogP contribution in [0, 0.1) is 17.7 Å². The molecule has 1 amide bonds. The van der Waals surface area contributed by atoms with Crippen molar-refractivity contribution in [3.63, 3.8) is 0 Å². The molecule has 1 aromatic heterocycles. The summed E-state index contributed by atoms with van der Waals surface area (Å²) in [4.78, 5) is 15.1. The van der Waals surface area contributed by atoms with Crippen LogP contribution in [0.4, 0.5) is 4.39 Å². The van der Waals surface area contributed by atoms with Crippen molar-refractivity contribution in [1.29, 1.82) is 0 Å². The van der Waals surface area contributed by atoms with E-state index in [2.05, 4.69) is 22.1 Å². The fourth-order valence-electron chi connectivity index (χ4n) is 2.12. The van der Waals surface area contributed by atoms with Crippen molar-refractivity contribution in [3.05, 3.63) is 71.7 Å². The summed E-state index contributed by atoms with van der Waals surface area (Å²) in [5.41, 5.74) is 1.88. The molecular formula is C18H13FN2O. The number of halogens is 1. The Bertz CT molecular complexity index is 886. The Balaban J connectivity index is 1.64. The highest BCUT2D eigenvalue weighted by atomic mass is 19.1. The lowest BCUT2D eigenvalue weighted by atomic mass is 10.1. The van der Waals surface area contributed by atoms with Gasteiger partial charge in [-0.2, -0.15) is 0 Å². The number of hydrogen-bond acceptors (Lipinski definition) is 1. The monoisotopic (exact) mass is 292 g/mol. The van der Waals surface area contributed by atoms with E-state index in [9.17, 15) is 9.18 Å². The molecule has 3 aromatic rings. The molecule has 0 aliphatic carbocycles. The average molecular weight is 292 g/mol. The maximum Gasteiger partial charge on any atom is 0.252 e. The first kappa shape index (κ1) is 13.9. The summed E-state index contributed by atoms with van der Waals surface area (Å²) < 4.78 is 13.4. The van der Waals surface area contributed by atoms with E-state index in [-0.39, 0.29) is 18.3 Å². The van der Waals surface area contributed by atoms with Gasteiger partial charge in [-0.15, -0.1) is 0 Å². The molecule has 2 N–H and O–H groups in total. The predicted molar refractivity (Wildman–Crippen MR) is 83.9 cm³/mol. The Morgan fingerprint density at radius 1 is 1.18 bits per heavy atom. The smallest absolute Gasteiger partial charge is 0.252 e. The predicted octanol–water partition coefficient (Wildman–Crippen LogP) is 3.09. The van der Waals surface area contributed by atoms with Crippen molar-refractivity contribution in [1.82, 2.24) is 10.3 Å². The number of H-pyrrole nitrogens is 1. The summed E-state index contributed by atoms with van der Waals surface area (Å²) in [6.07, 6.45) is 1.83. The zero-order chi connectivity index (χ0) is 15.4. The van der Waals surface area contributed by atoms with Crippen LogP contribution in [0.2, 0.25) is 0 Å². The SMILES string of the molecule is O=C(NCC#Cc1ccccc1F)c1ccc2[nH]ccc2c1. The second kappa shape index (κ2) is 6.15. The van der Waals surface area contributed by atoms with Gasteiger partial charge >= 0.3 is 0 Å². The van der Waals surface area contributed by atoms with Crippen LogP contribution in [0.1, 0.15) is 15.9 Å². The molecule has 108 valence electrons. The maximum absolute atomic E-state index is 13.4. The Hall–Kier alpha value is -3.06. The first-order chi connectivity index (χ1) is 10.7. The lowest BCUT2D eigenvalue weighted by Crippen LogP contribution is -2.23. The van der Waals surface area contributed by atoms with E-state index in [1.54, 1.807) is 24.3 Å². The van der Waals surface area contributed by atoms with Crippen LogP contribution in [0.25, 0.3) is 10.9 Å². The molecule has 0 unspecified atom stereocenters. The molecule has 3 nitrogen and oxygen atoms in total. The fourth-order valence-corrected chi connectivity index (χ4v) is 2.12. The number of hydrogen-bond donors (Lipinski definition) is 2. The van der Waals surface area contributed by atoms with Gasteiger partial charge in [0.1, 0.15) is 5.82 Å². The average Bonchev–Trinajstić information content (AvgIpc) is 3.00. The highest BCUT2D eigenvalue weighted by molar-refractivity contribution is 5.98. The van der Waals surface area contributed by atoms with Crippen molar-refractivity contribution in [2.24, 2.45) is 0 Å². The number of rotatable bonds is 2. The van der Waals surface area contributed by atoms with Crippen LogP contribution in [0.15, 0.2) is 54.7 Å². The molecule has 0 spiro atoms. The van der Waals surface area contributed by atoms with E-state index in [1.807, 2.05) is 24.4 Å². The molecule has 4 heteroatoms. The van der Waals surface area contributed by atoms with Gasteiger partial charge in [0, 0.05) is 22.7 Å². The van der Waals surface area contributed by atoms with E-state index >= 15 is 0 Å². The number of fused-ring (bicyclic) bond motifs is 1. The molecule has 0 saturated heterocycles. The maximum atomic E-state index is 13.4. The molecule has 22 heavy (non-hydrogen) atoms. The van der Waals surface area contributed by atoms with Gasteiger partial charge in [-0.1, -0.05) is 24.0 Å². The molecule has 0 bridgehead atoms. The molecular weight excluding hydrogens is 279 g/mol. The van der Waals surface area contributed by atoms with Crippen molar-refractivity contribution in [2.45, 2.75) is 0 Å². The van der Waals surface area contributed by atoms with Crippen LogP contribution in [0.3, 0.4) is 0 Å². The standard InChI is InChI=1S/C18H13FN2O/c19-16-6-2-1-4-13(16)5-3-10-21-18(22)15-7-8-17-14(12-15)9-11-20-17/h1-2,4,6-9,11-12,20H,10H2,(H,21,22). The molecule has 0 radical (unpaired) electrons. The number of carbonyl (C=O) groups is 1. The number of nitrogens with one attached hydrogen (secondary N) is 2. The first-order valence-electron chi connectivity index (χ1n) is 6.83. The lowest BCUT2D eigenvalue weighted by molar-refractivity contribution is 0.0959. The van der Waals surface area contributed by atoms with E-state index in [0.29, 0.717) is 11.1 Å². The third kappa shape index (κ3) is 2.99. The first-order valence-corrected chi connectivity index (χ1v) is 6.83. The van der Waals surface area contributed by atoms with Crippen molar-refractivity contribution in [2.75, 3.05) is 6.54 Å². The topological polar surface area (TPSA) is 44.9 Å². The fraction of sp³-hybridized carbons (Fsp3) is 0.0556. The van der Waals surface area contributed by atoms with E-state index in [0.717, 1.165) is 10.9 Å². The summed E-state index contributed by atoms with van der Waals surface area (Å²) in [7, 11) is 0. The highest BCUT2D eigenvalue weighted by Crippen LogP contribution is 2.14. The second-order valence-electron chi connectivity index (χ2n) is 4.74. The van der Waals surface area contributed by atoms with Gasteiger partial charge < -0.3 is 10.3 Å². The Morgan fingerprint density at radius 3 is 2.91 bits per heavy atom. The molecule has 0 atom stereocenters. The Morgan fingerprint density at radius 2 is 2.05 bits per heavy atom. The number of carbonyl (C=O) groups excluding carboxylic acids is 1. The van der Waals surface area contributed by atoms with Gasteiger partial charge in [-0.25, -0.2) is 4.39 Å². The van der Waals surface area contributed by atoms with Gasteiger partial charge in [0.2, 0.25) is 0 Å². The van der Waals surface area contributed by atoms with Gasteiger partial charge in [0.15, 0.2) is 0 Å². The molecule has 0 saturated carbocycles. The van der Waals surface area contributed by atoms with Crippen molar-refractivity contribution in [3.8, 4) is 11.8 Å². The molecule has 2 aromatic carbocycles. The van der Waals surface area contributed by atoms with Crippen molar-refractivity contribution >= 4 is 16.8 Å². The van der Waals surface area contributed by atoms with E-state index in [1.165, 1.54) is 6.07 Å². The third-order valence-corrected chi connectivity index (χ3v) is 3.25. The van der Waals surface area contributed by atoms with Crippen molar-refractivity contribution < 1.29 is 9.18 Å². The highest BCUT2D eigenvalue weighted by Gasteiger charge is 2.05. The van der Waals surface area contributed by atoms with Crippen LogP contribution >= 0.6 is 0 Å². The van der Waals surface area contributed by atoms with E-state index in [4.69, 9.17) is 0 Å². The minimum absolute atomic E-state index is 0.165. The minimum Gasteiger partial charge on any atom is -0.361 e. The zero-order valence-electron chi connectivity index (χ0n) is 11.7. The van der Waals surface area contributed by atoms with Crippen LogP contribution in [-0.2, 0) is 0 Å². The summed E-state index contributed by atoms with van der Waals surface area (Å²) in [5, 5.41) is 3.68. The number of benzene rings is 2. The number of aromatic nitrogens is 1. The normalized spacial score (nSPS) is 10.0. The van der Waals surface area contributed by atoms with Gasteiger partial charge in [0.05, 0.1) is 12.1 Å². The summed E-state index contributed by atoms with van der Waals surface area (Å²) in [6, 6.07) is 13.6. The third-order valence-electron chi connectivity index (χ3n) is 3.25. The largest absolute Gasteiger partial charge is 0.361 e. The second-order valence-corrected chi connectivity index (χ2v) is 4.74. The molecule has 0 fully saturated rings. The number of aromatic amines is 1. The van der Waals surface area contributed by atoms with Crippen LogP contribution in [-0.4, -0.2) is 17.4 Å². The zero-order valence-corrected chi connectivity index (χ0v) is 11.7. The molecule has 1 heterocycles.